The molecule has 0 N–H and O–H groups in total. The zero-order valence-electron chi connectivity index (χ0n) is 49.7. The van der Waals surface area contributed by atoms with Crippen LogP contribution in [0.4, 0.5) is 0 Å². The molecule has 0 rings (SSSR count). The average Bonchev–Trinajstić information content (AvgIpc) is 3.42. The van der Waals surface area contributed by atoms with E-state index in [2.05, 4.69) is 130 Å². The van der Waals surface area contributed by atoms with Crippen molar-refractivity contribution in [1.29, 1.82) is 0 Å². The highest BCUT2D eigenvalue weighted by molar-refractivity contribution is 5.71. The maximum Gasteiger partial charge on any atom is 0.306 e. The topological polar surface area (TPSA) is 78.9 Å². The number of rotatable bonds is 57. The minimum atomic E-state index is -0.798. The fourth-order valence-electron chi connectivity index (χ4n) is 8.81. The van der Waals surface area contributed by atoms with Crippen LogP contribution in [0.2, 0.25) is 0 Å². The average molecular weight is 1060 g/mol. The van der Waals surface area contributed by atoms with Crippen molar-refractivity contribution in [2.24, 2.45) is 0 Å². The summed E-state index contributed by atoms with van der Waals surface area (Å²) in [7, 11) is 0. The molecule has 1 unspecified atom stereocenters. The smallest absolute Gasteiger partial charge is 0.306 e. The van der Waals surface area contributed by atoms with E-state index in [1.165, 1.54) is 141 Å². The van der Waals surface area contributed by atoms with Crippen LogP contribution < -0.4 is 0 Å². The summed E-state index contributed by atoms with van der Waals surface area (Å²) in [6.45, 7) is 6.39. The molecule has 0 saturated heterocycles. The van der Waals surface area contributed by atoms with E-state index in [-0.39, 0.29) is 37.5 Å². The lowest BCUT2D eigenvalue weighted by Gasteiger charge is -2.18. The van der Waals surface area contributed by atoms with Gasteiger partial charge in [-0.15, -0.1) is 0 Å². The zero-order chi connectivity index (χ0) is 55.0. The van der Waals surface area contributed by atoms with Crippen LogP contribution in [0.3, 0.4) is 0 Å². The van der Waals surface area contributed by atoms with Crippen LogP contribution in [0.1, 0.15) is 297 Å². The Morgan fingerprint density at radius 3 is 0.829 bits per heavy atom. The molecule has 6 heteroatoms. The van der Waals surface area contributed by atoms with Crippen LogP contribution in [-0.4, -0.2) is 37.2 Å². The first-order valence-corrected chi connectivity index (χ1v) is 31.9. The molecule has 0 amide bonds. The number of ether oxygens (including phenoxy) is 3. The molecule has 0 fully saturated rings. The summed E-state index contributed by atoms with van der Waals surface area (Å²) >= 11 is 0. The molecule has 0 heterocycles. The molecule has 6 nitrogen and oxygen atoms in total. The second-order valence-electron chi connectivity index (χ2n) is 20.9. The van der Waals surface area contributed by atoms with Gasteiger partial charge in [0, 0.05) is 19.3 Å². The summed E-state index contributed by atoms with van der Waals surface area (Å²) < 4.78 is 16.9. The van der Waals surface area contributed by atoms with Gasteiger partial charge in [0.1, 0.15) is 13.2 Å². The van der Waals surface area contributed by atoms with Gasteiger partial charge >= 0.3 is 17.9 Å². The first-order chi connectivity index (χ1) is 37.5. The molecule has 0 aliphatic heterocycles. The second-order valence-corrected chi connectivity index (χ2v) is 20.9. The van der Waals surface area contributed by atoms with Crippen LogP contribution in [0.5, 0.6) is 0 Å². The van der Waals surface area contributed by atoms with Gasteiger partial charge in [-0.3, -0.25) is 14.4 Å². The second kappa shape index (κ2) is 63.6. The molecule has 0 aliphatic rings. The molecule has 0 bridgehead atoms. The minimum absolute atomic E-state index is 0.0917. The van der Waals surface area contributed by atoms with E-state index in [0.29, 0.717) is 19.3 Å². The van der Waals surface area contributed by atoms with Crippen molar-refractivity contribution >= 4 is 17.9 Å². The summed E-state index contributed by atoms with van der Waals surface area (Å²) in [5, 5.41) is 0. The quantitative estimate of drug-likeness (QED) is 0.0261. The summed E-state index contributed by atoms with van der Waals surface area (Å²) in [6, 6.07) is 0. The van der Waals surface area contributed by atoms with E-state index in [4.69, 9.17) is 14.2 Å². The van der Waals surface area contributed by atoms with Crippen LogP contribution in [0.25, 0.3) is 0 Å². The van der Waals surface area contributed by atoms with Gasteiger partial charge in [-0.1, -0.05) is 284 Å². The Kier molecular flexibility index (Phi) is 60.3. The van der Waals surface area contributed by atoms with E-state index < -0.39 is 6.10 Å². The van der Waals surface area contributed by atoms with Crippen molar-refractivity contribution in [2.75, 3.05) is 13.2 Å². The third kappa shape index (κ3) is 60.9. The Labute approximate surface area is 470 Å². The molecule has 0 aromatic carbocycles. The lowest BCUT2D eigenvalue weighted by atomic mass is 10.0. The molecule has 0 aromatic heterocycles. The highest BCUT2D eigenvalue weighted by Crippen LogP contribution is 2.16. The van der Waals surface area contributed by atoms with Gasteiger partial charge in [0.05, 0.1) is 0 Å². The molecular weight excluding hydrogens is 937 g/mol. The first-order valence-electron chi connectivity index (χ1n) is 31.9. The van der Waals surface area contributed by atoms with Gasteiger partial charge in [0.25, 0.3) is 0 Å². The molecule has 434 valence electrons. The summed E-state index contributed by atoms with van der Waals surface area (Å²) in [5.41, 5.74) is 0. The van der Waals surface area contributed by atoms with Crippen molar-refractivity contribution in [3.05, 3.63) is 109 Å². The van der Waals surface area contributed by atoms with Gasteiger partial charge in [-0.05, 0) is 103 Å². The third-order valence-electron chi connectivity index (χ3n) is 13.5. The van der Waals surface area contributed by atoms with Gasteiger partial charge in [-0.25, -0.2) is 0 Å². The predicted octanol–water partition coefficient (Wildman–Crippen LogP) is 21.8. The van der Waals surface area contributed by atoms with Gasteiger partial charge in [0.15, 0.2) is 6.10 Å². The van der Waals surface area contributed by atoms with Crippen molar-refractivity contribution in [3.8, 4) is 0 Å². The lowest BCUT2D eigenvalue weighted by Crippen LogP contribution is -2.30. The van der Waals surface area contributed by atoms with E-state index in [1.54, 1.807) is 0 Å². The Morgan fingerprint density at radius 2 is 0.513 bits per heavy atom. The van der Waals surface area contributed by atoms with Crippen molar-refractivity contribution < 1.29 is 28.6 Å². The Balaban J connectivity index is 4.21. The maximum atomic E-state index is 12.8. The van der Waals surface area contributed by atoms with Crippen molar-refractivity contribution in [2.45, 2.75) is 303 Å². The predicted molar refractivity (Wildman–Crippen MR) is 330 cm³/mol. The molecule has 1 atom stereocenters. The number of unbranched alkanes of at least 4 members (excludes halogenated alkanes) is 28. The molecule has 0 aliphatic carbocycles. The highest BCUT2D eigenvalue weighted by atomic mass is 16.6. The van der Waals surface area contributed by atoms with Crippen LogP contribution >= 0.6 is 0 Å². The molecule has 0 spiro atoms. The van der Waals surface area contributed by atoms with E-state index in [9.17, 15) is 14.4 Å². The molecule has 0 radical (unpaired) electrons. The zero-order valence-corrected chi connectivity index (χ0v) is 49.7. The van der Waals surface area contributed by atoms with E-state index in [1.807, 2.05) is 0 Å². The van der Waals surface area contributed by atoms with Crippen molar-refractivity contribution in [1.82, 2.24) is 0 Å². The van der Waals surface area contributed by atoms with Crippen LogP contribution in [0.15, 0.2) is 109 Å². The number of hydrogen-bond donors (Lipinski definition) is 0. The lowest BCUT2D eigenvalue weighted by molar-refractivity contribution is -0.167. The normalized spacial score (nSPS) is 12.8. The van der Waals surface area contributed by atoms with Crippen LogP contribution in [-0.2, 0) is 28.6 Å². The Bertz CT molecular complexity index is 1540. The van der Waals surface area contributed by atoms with Crippen molar-refractivity contribution in [3.63, 3.8) is 0 Å². The van der Waals surface area contributed by atoms with Gasteiger partial charge in [0.2, 0.25) is 0 Å². The number of carbonyl (C=O) groups is 3. The first kappa shape index (κ1) is 72.1. The maximum absolute atomic E-state index is 12.8. The van der Waals surface area contributed by atoms with Crippen LogP contribution in [0, 0.1) is 0 Å². The van der Waals surface area contributed by atoms with Gasteiger partial charge < -0.3 is 14.2 Å². The third-order valence-corrected chi connectivity index (χ3v) is 13.5. The van der Waals surface area contributed by atoms with Gasteiger partial charge in [-0.2, -0.15) is 0 Å². The summed E-state index contributed by atoms with van der Waals surface area (Å²) in [6.07, 6.45) is 86.8. The Hall–Kier alpha value is -3.93. The number of esters is 3. The Morgan fingerprint density at radius 1 is 0.276 bits per heavy atom. The molecule has 76 heavy (non-hydrogen) atoms. The summed E-state index contributed by atoms with van der Waals surface area (Å²) in [4.78, 5) is 38.2. The highest BCUT2D eigenvalue weighted by Gasteiger charge is 2.19. The fourth-order valence-corrected chi connectivity index (χ4v) is 8.81. The minimum Gasteiger partial charge on any atom is -0.462 e. The number of allylic oxidation sites excluding steroid dienone is 18. The fraction of sp³-hybridized carbons (Fsp3) is 0.700. The standard InChI is InChI=1S/C70H118O6/c1-4-7-10-13-16-19-22-25-27-28-29-30-31-32-33-34-35-36-37-38-39-40-41-42-44-45-48-51-54-57-60-63-69(72)75-66-67(65-74-68(71)62-59-56-53-50-47-24-21-18-15-12-9-6-3)76-70(73)64-61-58-55-52-49-46-43-26-23-20-17-14-11-8-5-2/h7-8,10-11,16-17,19-20,25-27,29-30,32-33,43,49,52,67H,4-6,9,12-15,18,21-24,28,31,34-42,44-48,50-51,53-66H2,1-3H3/b10-7-,11-8-,19-16-,20-17-,27-25-,30-29-,33-32-,43-26-,52-49-. The molecule has 0 saturated carbocycles. The largest absolute Gasteiger partial charge is 0.462 e. The van der Waals surface area contributed by atoms with E-state index >= 15 is 0 Å². The van der Waals surface area contributed by atoms with E-state index in [0.717, 1.165) is 109 Å². The molecule has 0 aromatic rings. The monoisotopic (exact) mass is 1050 g/mol. The summed E-state index contributed by atoms with van der Waals surface area (Å²) in [5.74, 6) is -0.927. The number of hydrogen-bond acceptors (Lipinski definition) is 6. The number of carbonyl (C=O) groups excluding carboxylic acids is 3. The SMILES string of the molecule is CC/C=C\C/C=C\C/C=C\C/C=C\C/C=C\CCCCCCCCCCCCCCCCCC(=O)OCC(COC(=O)CCCCCCCCCCCCCC)OC(=O)CCCC/C=C\C/C=C\C/C=C\C/C=C\CC. The molecular formula is C70H118O6.